The summed E-state index contributed by atoms with van der Waals surface area (Å²) in [5.41, 5.74) is 0.998. The Labute approximate surface area is 120 Å². The lowest BCUT2D eigenvalue weighted by molar-refractivity contribution is 0.331. The zero-order chi connectivity index (χ0) is 12.8. The van der Waals surface area contributed by atoms with E-state index in [2.05, 4.69) is 21.2 Å². The fourth-order valence-corrected chi connectivity index (χ4v) is 2.11. The summed E-state index contributed by atoms with van der Waals surface area (Å²) < 4.78 is 6.61. The van der Waals surface area contributed by atoms with E-state index < -0.39 is 0 Å². The highest BCUT2D eigenvalue weighted by molar-refractivity contribution is 9.10. The van der Waals surface area contributed by atoms with Gasteiger partial charge in [-0.25, -0.2) is 0 Å². The lowest BCUT2D eigenvalue weighted by atomic mass is 10.3. The Hall–Kier alpha value is -1.19. The normalized spacial score (nSPS) is 10.1. The van der Waals surface area contributed by atoms with Crippen LogP contribution in [0.2, 0.25) is 5.02 Å². The van der Waals surface area contributed by atoms with Crippen LogP contribution in [0.4, 0.5) is 5.69 Å². The van der Waals surface area contributed by atoms with E-state index >= 15 is 0 Å². The van der Waals surface area contributed by atoms with Gasteiger partial charge in [0, 0.05) is 17.3 Å². The number of halogens is 2. The summed E-state index contributed by atoms with van der Waals surface area (Å²) in [5, 5.41) is 3.98. The highest BCUT2D eigenvalue weighted by Gasteiger charge is 1.98. The molecule has 0 saturated carbocycles. The van der Waals surface area contributed by atoms with Crippen LogP contribution in [0.1, 0.15) is 0 Å². The minimum absolute atomic E-state index is 0.592. The van der Waals surface area contributed by atoms with Gasteiger partial charge in [0.15, 0.2) is 0 Å². The molecule has 0 aliphatic heterocycles. The molecule has 0 unspecified atom stereocenters. The Bertz CT molecular complexity index is 519. The number of ether oxygens (including phenoxy) is 1. The molecule has 0 atom stereocenters. The van der Waals surface area contributed by atoms with Gasteiger partial charge in [-0.2, -0.15) is 0 Å². The Morgan fingerprint density at radius 3 is 2.72 bits per heavy atom. The van der Waals surface area contributed by atoms with E-state index in [0.29, 0.717) is 6.61 Å². The summed E-state index contributed by atoms with van der Waals surface area (Å²) in [4.78, 5) is 0. The first-order valence-electron chi connectivity index (χ1n) is 5.62. The number of hydrogen-bond donors (Lipinski definition) is 1. The van der Waals surface area contributed by atoms with E-state index in [0.717, 1.165) is 27.5 Å². The molecule has 0 aliphatic rings. The Balaban J connectivity index is 1.78. The second-order valence-corrected chi connectivity index (χ2v) is 5.01. The number of para-hydroxylation sites is 1. The van der Waals surface area contributed by atoms with E-state index in [1.54, 1.807) is 0 Å². The van der Waals surface area contributed by atoms with E-state index in [1.165, 1.54) is 0 Å². The predicted octanol–water partition coefficient (Wildman–Crippen LogP) is 4.59. The van der Waals surface area contributed by atoms with Crippen LogP contribution < -0.4 is 10.1 Å². The van der Waals surface area contributed by atoms with Crippen molar-refractivity contribution in [3.63, 3.8) is 0 Å². The van der Waals surface area contributed by atoms with Crippen LogP contribution in [0.3, 0.4) is 0 Å². The summed E-state index contributed by atoms with van der Waals surface area (Å²) in [6.07, 6.45) is 0. The Morgan fingerprint density at radius 2 is 1.94 bits per heavy atom. The van der Waals surface area contributed by atoms with Crippen molar-refractivity contribution >= 4 is 33.2 Å². The minimum atomic E-state index is 0.592. The fraction of sp³-hybridized carbons (Fsp3) is 0.143. The van der Waals surface area contributed by atoms with Crippen LogP contribution in [0.15, 0.2) is 53.0 Å². The van der Waals surface area contributed by atoms with Gasteiger partial charge in [0.25, 0.3) is 0 Å². The molecule has 94 valence electrons. The summed E-state index contributed by atoms with van der Waals surface area (Å²) in [5.74, 6) is 0.852. The first kappa shape index (κ1) is 13.2. The summed E-state index contributed by atoms with van der Waals surface area (Å²) in [7, 11) is 0. The highest BCUT2D eigenvalue weighted by atomic mass is 79.9. The molecule has 2 rings (SSSR count). The monoisotopic (exact) mass is 325 g/mol. The van der Waals surface area contributed by atoms with Crippen LogP contribution in [-0.4, -0.2) is 13.2 Å². The molecular formula is C14H13BrClNO. The maximum absolute atomic E-state index is 5.90. The molecular weight excluding hydrogens is 314 g/mol. The predicted molar refractivity (Wildman–Crippen MR) is 79.6 cm³/mol. The third kappa shape index (κ3) is 3.93. The molecule has 0 aliphatic carbocycles. The standard InChI is InChI=1S/C14H13BrClNO/c15-13-6-1-2-7-14(13)18-9-8-17-12-5-3-4-11(16)10-12/h1-7,10,17H,8-9H2. The molecule has 0 heterocycles. The second-order valence-electron chi connectivity index (χ2n) is 3.72. The van der Waals surface area contributed by atoms with Gasteiger partial charge in [-0.1, -0.05) is 29.8 Å². The number of rotatable bonds is 5. The van der Waals surface area contributed by atoms with Crippen molar-refractivity contribution in [2.24, 2.45) is 0 Å². The van der Waals surface area contributed by atoms with Gasteiger partial charge in [0.05, 0.1) is 4.47 Å². The third-order valence-electron chi connectivity index (χ3n) is 2.35. The molecule has 0 bridgehead atoms. The van der Waals surface area contributed by atoms with Crippen molar-refractivity contribution in [3.8, 4) is 5.75 Å². The highest BCUT2D eigenvalue weighted by Crippen LogP contribution is 2.23. The van der Waals surface area contributed by atoms with Gasteiger partial charge in [-0.05, 0) is 46.3 Å². The van der Waals surface area contributed by atoms with E-state index in [4.69, 9.17) is 16.3 Å². The molecule has 1 N–H and O–H groups in total. The van der Waals surface area contributed by atoms with Gasteiger partial charge in [-0.15, -0.1) is 0 Å². The largest absolute Gasteiger partial charge is 0.491 e. The molecule has 4 heteroatoms. The van der Waals surface area contributed by atoms with E-state index in [1.807, 2.05) is 48.5 Å². The molecule has 0 saturated heterocycles. The average Bonchev–Trinajstić information content (AvgIpc) is 2.37. The van der Waals surface area contributed by atoms with Gasteiger partial charge in [0.2, 0.25) is 0 Å². The van der Waals surface area contributed by atoms with Crippen molar-refractivity contribution < 1.29 is 4.74 Å². The first-order valence-corrected chi connectivity index (χ1v) is 6.79. The quantitative estimate of drug-likeness (QED) is 0.811. The molecule has 2 aromatic rings. The molecule has 2 aromatic carbocycles. The van der Waals surface area contributed by atoms with Crippen LogP contribution in [-0.2, 0) is 0 Å². The lowest BCUT2D eigenvalue weighted by Gasteiger charge is -2.09. The van der Waals surface area contributed by atoms with Crippen molar-refractivity contribution in [1.29, 1.82) is 0 Å². The van der Waals surface area contributed by atoms with Crippen molar-refractivity contribution in [3.05, 3.63) is 58.0 Å². The molecule has 0 radical (unpaired) electrons. The van der Waals surface area contributed by atoms with Crippen LogP contribution in [0.25, 0.3) is 0 Å². The third-order valence-corrected chi connectivity index (χ3v) is 3.24. The van der Waals surface area contributed by atoms with Gasteiger partial charge >= 0.3 is 0 Å². The molecule has 0 spiro atoms. The van der Waals surface area contributed by atoms with Crippen LogP contribution >= 0.6 is 27.5 Å². The molecule has 2 nitrogen and oxygen atoms in total. The summed E-state index contributed by atoms with van der Waals surface area (Å²) >= 11 is 9.34. The zero-order valence-electron chi connectivity index (χ0n) is 9.70. The molecule has 18 heavy (non-hydrogen) atoms. The molecule has 0 aromatic heterocycles. The van der Waals surface area contributed by atoms with E-state index in [9.17, 15) is 0 Å². The Kier molecular flexibility index (Phi) is 4.90. The zero-order valence-corrected chi connectivity index (χ0v) is 12.0. The minimum Gasteiger partial charge on any atom is -0.491 e. The topological polar surface area (TPSA) is 21.3 Å². The lowest BCUT2D eigenvalue weighted by Crippen LogP contribution is -2.11. The van der Waals surface area contributed by atoms with Gasteiger partial charge < -0.3 is 10.1 Å². The summed E-state index contributed by atoms with van der Waals surface area (Å²) in [6.45, 7) is 1.32. The van der Waals surface area contributed by atoms with Crippen LogP contribution in [0.5, 0.6) is 5.75 Å². The number of hydrogen-bond acceptors (Lipinski definition) is 2. The Morgan fingerprint density at radius 1 is 1.11 bits per heavy atom. The van der Waals surface area contributed by atoms with E-state index in [-0.39, 0.29) is 0 Å². The average molecular weight is 327 g/mol. The van der Waals surface area contributed by atoms with Crippen molar-refractivity contribution in [1.82, 2.24) is 0 Å². The molecule has 0 fully saturated rings. The first-order chi connectivity index (χ1) is 8.75. The van der Waals surface area contributed by atoms with Crippen LogP contribution in [0, 0.1) is 0 Å². The van der Waals surface area contributed by atoms with Crippen molar-refractivity contribution in [2.75, 3.05) is 18.5 Å². The summed E-state index contributed by atoms with van der Waals surface area (Å²) in [6, 6.07) is 15.4. The van der Waals surface area contributed by atoms with Crippen molar-refractivity contribution in [2.45, 2.75) is 0 Å². The number of anilines is 1. The number of benzene rings is 2. The molecule has 0 amide bonds. The number of nitrogens with one attached hydrogen (secondary N) is 1. The maximum atomic E-state index is 5.90. The smallest absolute Gasteiger partial charge is 0.133 e. The maximum Gasteiger partial charge on any atom is 0.133 e. The van der Waals surface area contributed by atoms with Gasteiger partial charge in [-0.3, -0.25) is 0 Å². The SMILES string of the molecule is Clc1cccc(NCCOc2ccccc2Br)c1. The second kappa shape index (κ2) is 6.66. The van der Waals surface area contributed by atoms with Gasteiger partial charge in [0.1, 0.15) is 12.4 Å². The fourth-order valence-electron chi connectivity index (χ4n) is 1.52.